The predicted octanol–water partition coefficient (Wildman–Crippen LogP) is 5.32. The van der Waals surface area contributed by atoms with Gasteiger partial charge in [0.25, 0.3) is 5.91 Å². The van der Waals surface area contributed by atoms with Gasteiger partial charge in [0.05, 0.1) is 11.1 Å². The number of nitrogens with one attached hydrogen (secondary N) is 1. The topological polar surface area (TPSA) is 58.9 Å². The van der Waals surface area contributed by atoms with Gasteiger partial charge in [0.1, 0.15) is 0 Å². The Morgan fingerprint density at radius 1 is 0.923 bits per heavy atom. The van der Waals surface area contributed by atoms with E-state index >= 15 is 0 Å². The van der Waals surface area contributed by atoms with Crippen LogP contribution in [0.25, 0.3) is 33.2 Å². The Morgan fingerprint density at radius 2 is 1.69 bits per heavy atom. The third-order valence-corrected chi connectivity index (χ3v) is 5.27. The summed E-state index contributed by atoms with van der Waals surface area (Å²) in [6.07, 6.45) is 4.01. The van der Waals surface area contributed by atoms with Gasteiger partial charge in [-0.3, -0.25) is 4.79 Å². The van der Waals surface area contributed by atoms with E-state index in [0.717, 1.165) is 33.2 Å². The molecule has 3 nitrogen and oxygen atoms in total. The number of nitrogens with two attached hydrogens (primary N) is 1. The lowest BCUT2D eigenvalue weighted by Gasteiger charge is -2.08. The lowest BCUT2D eigenvalue weighted by molar-refractivity contribution is 0.100. The minimum Gasteiger partial charge on any atom is -0.366 e. The van der Waals surface area contributed by atoms with Crippen LogP contribution in [0.1, 0.15) is 10.4 Å². The molecule has 1 amide bonds. The maximum absolute atomic E-state index is 12.0. The zero-order valence-electron chi connectivity index (χ0n) is 14.3. The molecule has 4 aromatic rings. The summed E-state index contributed by atoms with van der Waals surface area (Å²) >= 11 is 1.71. The van der Waals surface area contributed by atoms with E-state index in [0.29, 0.717) is 5.56 Å². The van der Waals surface area contributed by atoms with Crippen molar-refractivity contribution in [2.45, 2.75) is 4.90 Å². The minimum absolute atomic E-state index is 0.431. The van der Waals surface area contributed by atoms with Crippen molar-refractivity contribution in [1.29, 1.82) is 0 Å². The number of benzene rings is 3. The van der Waals surface area contributed by atoms with Crippen molar-refractivity contribution in [2.75, 3.05) is 6.26 Å². The average Bonchev–Trinajstić information content (AvgIpc) is 3.11. The van der Waals surface area contributed by atoms with Gasteiger partial charge >= 0.3 is 0 Å². The molecule has 4 heteroatoms. The molecule has 0 radical (unpaired) electrons. The van der Waals surface area contributed by atoms with Gasteiger partial charge < -0.3 is 10.7 Å². The quantitative estimate of drug-likeness (QED) is 0.485. The van der Waals surface area contributed by atoms with Crippen molar-refractivity contribution >= 4 is 28.6 Å². The Labute approximate surface area is 156 Å². The average molecular weight is 358 g/mol. The van der Waals surface area contributed by atoms with Crippen LogP contribution in [0.5, 0.6) is 0 Å². The van der Waals surface area contributed by atoms with E-state index in [1.165, 1.54) is 4.90 Å². The van der Waals surface area contributed by atoms with Crippen LogP contribution < -0.4 is 5.73 Å². The second kappa shape index (κ2) is 6.73. The molecule has 0 unspecified atom stereocenters. The van der Waals surface area contributed by atoms with Crippen LogP contribution in [0.15, 0.2) is 77.8 Å². The fourth-order valence-electron chi connectivity index (χ4n) is 3.25. The summed E-state index contributed by atoms with van der Waals surface area (Å²) < 4.78 is 0. The molecule has 3 aromatic carbocycles. The zero-order chi connectivity index (χ0) is 18.1. The first kappa shape index (κ1) is 16.5. The molecule has 0 aliphatic heterocycles. The maximum Gasteiger partial charge on any atom is 0.250 e. The van der Waals surface area contributed by atoms with Crippen LogP contribution >= 0.6 is 11.8 Å². The number of fused-ring (bicyclic) bond motifs is 1. The number of rotatable bonds is 4. The molecule has 0 spiro atoms. The first-order valence-electron chi connectivity index (χ1n) is 8.32. The second-order valence-corrected chi connectivity index (χ2v) is 6.99. The zero-order valence-corrected chi connectivity index (χ0v) is 15.1. The van der Waals surface area contributed by atoms with Gasteiger partial charge in [-0.25, -0.2) is 0 Å². The number of carbonyl (C=O) groups excluding carboxylic acids is 1. The molecule has 0 aliphatic rings. The predicted molar refractivity (Wildman–Crippen MR) is 109 cm³/mol. The monoisotopic (exact) mass is 358 g/mol. The van der Waals surface area contributed by atoms with Gasteiger partial charge in [-0.15, -0.1) is 11.8 Å². The van der Waals surface area contributed by atoms with E-state index in [4.69, 9.17) is 5.73 Å². The highest BCUT2D eigenvalue weighted by Gasteiger charge is 2.15. The van der Waals surface area contributed by atoms with Crippen LogP contribution in [-0.2, 0) is 0 Å². The first-order chi connectivity index (χ1) is 12.7. The Kier molecular flexibility index (Phi) is 4.27. The van der Waals surface area contributed by atoms with Crippen LogP contribution in [0.4, 0.5) is 0 Å². The van der Waals surface area contributed by atoms with Crippen LogP contribution in [0.3, 0.4) is 0 Å². The van der Waals surface area contributed by atoms with Gasteiger partial charge in [-0.1, -0.05) is 42.5 Å². The first-order valence-corrected chi connectivity index (χ1v) is 9.54. The smallest absolute Gasteiger partial charge is 0.250 e. The largest absolute Gasteiger partial charge is 0.366 e. The van der Waals surface area contributed by atoms with Gasteiger partial charge in [0, 0.05) is 22.0 Å². The molecule has 128 valence electrons. The van der Waals surface area contributed by atoms with Crippen LogP contribution in [-0.4, -0.2) is 17.1 Å². The highest BCUT2D eigenvalue weighted by Crippen LogP contribution is 2.35. The van der Waals surface area contributed by atoms with Gasteiger partial charge in [0.2, 0.25) is 0 Å². The number of thioether (sulfide) groups is 1. The number of amides is 1. The maximum atomic E-state index is 12.0. The minimum atomic E-state index is -0.431. The normalized spacial score (nSPS) is 11.0. The lowest BCUT2D eigenvalue weighted by atomic mass is 9.97. The Hall–Kier alpha value is -2.98. The van der Waals surface area contributed by atoms with E-state index in [2.05, 4.69) is 41.6 Å². The van der Waals surface area contributed by atoms with Crippen molar-refractivity contribution in [2.24, 2.45) is 5.73 Å². The van der Waals surface area contributed by atoms with E-state index in [1.807, 2.05) is 42.6 Å². The standard InChI is InChI=1S/C22H18N2OS/c1-26-17-9-5-8-15(10-17)20-13-24-21-18(20)11-16(12-19(21)22(23)25)14-6-3-2-4-7-14/h2-13,24H,1H3,(H2,23,25). The third kappa shape index (κ3) is 2.89. The molecule has 0 saturated carbocycles. The molecule has 0 fully saturated rings. The second-order valence-electron chi connectivity index (χ2n) is 6.11. The fourth-order valence-corrected chi connectivity index (χ4v) is 3.71. The molecule has 0 aliphatic carbocycles. The highest BCUT2D eigenvalue weighted by molar-refractivity contribution is 7.98. The molecule has 0 bridgehead atoms. The SMILES string of the molecule is CSc1cccc(-c2c[nH]c3c(C(N)=O)cc(-c4ccccc4)cc23)c1. The third-order valence-electron chi connectivity index (χ3n) is 4.54. The Bertz CT molecular complexity index is 1100. The molecular weight excluding hydrogens is 340 g/mol. The molecule has 1 aromatic heterocycles. The summed E-state index contributed by atoms with van der Waals surface area (Å²) in [5.41, 5.74) is 11.2. The van der Waals surface area contributed by atoms with Crippen molar-refractivity contribution < 1.29 is 4.79 Å². The molecule has 0 atom stereocenters. The van der Waals surface area contributed by atoms with E-state index in [-0.39, 0.29) is 0 Å². The fraction of sp³-hybridized carbons (Fsp3) is 0.0455. The van der Waals surface area contributed by atoms with Gasteiger partial charge in [-0.2, -0.15) is 0 Å². The van der Waals surface area contributed by atoms with E-state index in [1.54, 1.807) is 11.8 Å². The summed E-state index contributed by atoms with van der Waals surface area (Å²) in [5, 5.41) is 0.999. The molecule has 4 rings (SSSR count). The lowest BCUT2D eigenvalue weighted by Crippen LogP contribution is -2.11. The molecule has 3 N–H and O–H groups in total. The highest BCUT2D eigenvalue weighted by atomic mass is 32.2. The molecule has 1 heterocycles. The van der Waals surface area contributed by atoms with Crippen LogP contribution in [0.2, 0.25) is 0 Å². The van der Waals surface area contributed by atoms with Gasteiger partial charge in [-0.05, 0) is 47.2 Å². The number of H-pyrrole nitrogens is 1. The van der Waals surface area contributed by atoms with Crippen molar-refractivity contribution in [3.05, 3.63) is 78.5 Å². The van der Waals surface area contributed by atoms with Crippen molar-refractivity contribution in [3.8, 4) is 22.3 Å². The number of hydrogen-bond donors (Lipinski definition) is 2. The molecule has 0 saturated heterocycles. The van der Waals surface area contributed by atoms with Crippen LogP contribution in [0, 0.1) is 0 Å². The summed E-state index contributed by atoms with van der Waals surface area (Å²) in [5.74, 6) is -0.431. The van der Waals surface area contributed by atoms with Crippen molar-refractivity contribution in [3.63, 3.8) is 0 Å². The van der Waals surface area contributed by atoms with Gasteiger partial charge in [0.15, 0.2) is 0 Å². The number of aromatic amines is 1. The summed E-state index contributed by atoms with van der Waals surface area (Å²) in [4.78, 5) is 16.5. The summed E-state index contributed by atoms with van der Waals surface area (Å²) in [6.45, 7) is 0. The number of carbonyl (C=O) groups is 1. The summed E-state index contributed by atoms with van der Waals surface area (Å²) in [7, 11) is 0. The van der Waals surface area contributed by atoms with Crippen molar-refractivity contribution in [1.82, 2.24) is 4.98 Å². The molecular formula is C22H18N2OS. The number of primary amides is 1. The Balaban J connectivity index is 1.98. The van der Waals surface area contributed by atoms with E-state index < -0.39 is 5.91 Å². The molecule has 26 heavy (non-hydrogen) atoms. The summed E-state index contributed by atoms with van der Waals surface area (Å²) in [6, 6.07) is 22.4. The number of aromatic nitrogens is 1. The Morgan fingerprint density at radius 3 is 2.42 bits per heavy atom. The van der Waals surface area contributed by atoms with E-state index in [9.17, 15) is 4.79 Å². The number of hydrogen-bond acceptors (Lipinski definition) is 2.